The Kier molecular flexibility index (Phi) is 4.81. The Morgan fingerprint density at radius 3 is 2.53 bits per heavy atom. The third-order valence-corrected chi connectivity index (χ3v) is 3.72. The van der Waals surface area contributed by atoms with Crippen molar-refractivity contribution in [3.05, 3.63) is 23.8 Å². The van der Waals surface area contributed by atoms with Gasteiger partial charge in [0.05, 0.1) is 18.0 Å². The Morgan fingerprint density at radius 2 is 2.00 bits per heavy atom. The lowest BCUT2D eigenvalue weighted by atomic mass is 10.2. The molecule has 0 saturated carbocycles. The summed E-state index contributed by atoms with van der Waals surface area (Å²) in [6.45, 7) is 6.20. The van der Waals surface area contributed by atoms with Gasteiger partial charge in [-0.25, -0.2) is 8.42 Å². The largest absolute Gasteiger partial charge is 0.494 e. The maximum Gasteiger partial charge on any atom is 0.232 e. The van der Waals surface area contributed by atoms with Gasteiger partial charge >= 0.3 is 0 Å². The zero-order valence-corrected chi connectivity index (χ0v) is 11.3. The van der Waals surface area contributed by atoms with Crippen LogP contribution >= 0.6 is 0 Å². The van der Waals surface area contributed by atoms with Gasteiger partial charge in [-0.2, -0.15) is 0 Å². The van der Waals surface area contributed by atoms with Gasteiger partial charge in [0, 0.05) is 0 Å². The molecule has 1 aromatic carbocycles. The van der Waals surface area contributed by atoms with Crippen LogP contribution in [0.1, 0.15) is 25.8 Å². The predicted octanol–water partition coefficient (Wildman–Crippen LogP) is 2.55. The first-order valence-electron chi connectivity index (χ1n) is 5.72. The van der Waals surface area contributed by atoms with Gasteiger partial charge in [-0.3, -0.25) is 4.72 Å². The van der Waals surface area contributed by atoms with E-state index in [2.05, 4.69) is 4.72 Å². The molecule has 0 aliphatic heterocycles. The van der Waals surface area contributed by atoms with E-state index in [0.717, 1.165) is 11.3 Å². The van der Waals surface area contributed by atoms with E-state index in [1.165, 1.54) is 0 Å². The number of benzene rings is 1. The molecule has 96 valence electrons. The van der Waals surface area contributed by atoms with Crippen molar-refractivity contribution in [1.29, 1.82) is 0 Å². The monoisotopic (exact) mass is 257 g/mol. The van der Waals surface area contributed by atoms with Crippen LogP contribution in [0.25, 0.3) is 0 Å². The molecule has 0 heterocycles. The van der Waals surface area contributed by atoms with Crippen LogP contribution in [0, 0.1) is 6.92 Å². The summed E-state index contributed by atoms with van der Waals surface area (Å²) in [4.78, 5) is 0. The van der Waals surface area contributed by atoms with Crippen molar-refractivity contribution < 1.29 is 13.2 Å². The molecule has 1 rings (SSSR count). The summed E-state index contributed by atoms with van der Waals surface area (Å²) in [7, 11) is -3.22. The molecule has 5 heteroatoms. The summed E-state index contributed by atoms with van der Waals surface area (Å²) in [5.41, 5.74) is 1.47. The van der Waals surface area contributed by atoms with Crippen molar-refractivity contribution in [2.75, 3.05) is 17.1 Å². The van der Waals surface area contributed by atoms with Crippen molar-refractivity contribution in [1.82, 2.24) is 0 Å². The minimum absolute atomic E-state index is 0.139. The molecule has 0 radical (unpaired) electrons. The molecule has 0 amide bonds. The first-order chi connectivity index (χ1) is 7.98. The van der Waals surface area contributed by atoms with E-state index in [0.29, 0.717) is 18.7 Å². The average Bonchev–Trinajstić information content (AvgIpc) is 2.22. The van der Waals surface area contributed by atoms with Crippen LogP contribution in [0.3, 0.4) is 0 Å². The summed E-state index contributed by atoms with van der Waals surface area (Å²) in [5, 5.41) is 0. The normalized spacial score (nSPS) is 11.2. The highest BCUT2D eigenvalue weighted by Crippen LogP contribution is 2.22. The number of ether oxygens (including phenoxy) is 1. The van der Waals surface area contributed by atoms with Crippen molar-refractivity contribution in [3.63, 3.8) is 0 Å². The maximum atomic E-state index is 11.6. The van der Waals surface area contributed by atoms with Crippen LogP contribution in [0.4, 0.5) is 5.69 Å². The lowest BCUT2D eigenvalue weighted by Crippen LogP contribution is -2.16. The smallest absolute Gasteiger partial charge is 0.232 e. The lowest BCUT2D eigenvalue weighted by Gasteiger charge is -2.11. The van der Waals surface area contributed by atoms with Crippen molar-refractivity contribution in [2.45, 2.75) is 27.2 Å². The van der Waals surface area contributed by atoms with Crippen molar-refractivity contribution in [3.8, 4) is 5.75 Å². The number of hydrogen-bond acceptors (Lipinski definition) is 3. The Balaban J connectivity index is 2.86. The predicted molar refractivity (Wildman–Crippen MR) is 70.0 cm³/mol. The van der Waals surface area contributed by atoms with Crippen LogP contribution in [0.2, 0.25) is 0 Å². The molecule has 0 spiro atoms. The van der Waals surface area contributed by atoms with Crippen LogP contribution in [-0.2, 0) is 10.0 Å². The summed E-state index contributed by atoms with van der Waals surface area (Å²) < 4.78 is 31.2. The molecule has 0 aromatic heterocycles. The van der Waals surface area contributed by atoms with E-state index < -0.39 is 10.0 Å². The molecule has 0 aliphatic rings. The van der Waals surface area contributed by atoms with Gasteiger partial charge in [-0.15, -0.1) is 0 Å². The second kappa shape index (κ2) is 5.91. The Labute approximate surface area is 103 Å². The molecule has 0 fully saturated rings. The molecule has 1 N–H and O–H groups in total. The number of sulfonamides is 1. The van der Waals surface area contributed by atoms with Crippen molar-refractivity contribution >= 4 is 15.7 Å². The third-order valence-electron chi connectivity index (χ3n) is 2.25. The molecule has 17 heavy (non-hydrogen) atoms. The Bertz CT molecular complexity index is 469. The van der Waals surface area contributed by atoms with Gasteiger partial charge < -0.3 is 4.74 Å². The molecular formula is C12H19NO3S. The van der Waals surface area contributed by atoms with E-state index >= 15 is 0 Å². The number of rotatable bonds is 6. The fourth-order valence-electron chi connectivity index (χ4n) is 1.49. The van der Waals surface area contributed by atoms with Gasteiger partial charge in [0.2, 0.25) is 10.0 Å². The molecule has 0 saturated heterocycles. The molecule has 4 nitrogen and oxygen atoms in total. The zero-order valence-electron chi connectivity index (χ0n) is 10.5. The van der Waals surface area contributed by atoms with E-state index in [1.807, 2.05) is 26.8 Å². The van der Waals surface area contributed by atoms with E-state index in [4.69, 9.17) is 4.74 Å². The van der Waals surface area contributed by atoms with E-state index in [1.54, 1.807) is 12.1 Å². The fraction of sp³-hybridized carbons (Fsp3) is 0.500. The first-order valence-corrected chi connectivity index (χ1v) is 7.37. The number of aryl methyl sites for hydroxylation is 1. The Morgan fingerprint density at radius 1 is 1.29 bits per heavy atom. The van der Waals surface area contributed by atoms with Gasteiger partial charge in [0.1, 0.15) is 5.75 Å². The van der Waals surface area contributed by atoms with Crippen LogP contribution in [0.5, 0.6) is 5.75 Å². The molecule has 0 aliphatic carbocycles. The first kappa shape index (κ1) is 13.8. The van der Waals surface area contributed by atoms with Crippen molar-refractivity contribution in [2.24, 2.45) is 0 Å². The quantitative estimate of drug-likeness (QED) is 0.852. The topological polar surface area (TPSA) is 55.4 Å². The third kappa shape index (κ3) is 4.26. The van der Waals surface area contributed by atoms with Gasteiger partial charge in [-0.1, -0.05) is 6.92 Å². The highest BCUT2D eigenvalue weighted by atomic mass is 32.2. The molecule has 0 bridgehead atoms. The molecule has 0 unspecified atom stereocenters. The summed E-state index contributed by atoms with van der Waals surface area (Å²) in [5.74, 6) is 0.892. The second-order valence-corrected chi connectivity index (χ2v) is 5.67. The number of nitrogens with one attached hydrogen (secondary N) is 1. The SMILES string of the molecule is CCCS(=O)(=O)Nc1ccc(OCC)cc1C. The maximum absolute atomic E-state index is 11.6. The Hall–Kier alpha value is -1.23. The zero-order chi connectivity index (χ0) is 12.9. The molecule has 1 aromatic rings. The minimum Gasteiger partial charge on any atom is -0.494 e. The highest BCUT2D eigenvalue weighted by Gasteiger charge is 2.10. The van der Waals surface area contributed by atoms with Crippen LogP contribution < -0.4 is 9.46 Å². The van der Waals surface area contributed by atoms with Gasteiger partial charge in [0.25, 0.3) is 0 Å². The number of hydrogen-bond donors (Lipinski definition) is 1. The van der Waals surface area contributed by atoms with E-state index in [-0.39, 0.29) is 5.75 Å². The van der Waals surface area contributed by atoms with E-state index in [9.17, 15) is 8.42 Å². The van der Waals surface area contributed by atoms with Gasteiger partial charge in [0.15, 0.2) is 0 Å². The second-order valence-electron chi connectivity index (χ2n) is 3.83. The minimum atomic E-state index is -3.22. The van der Waals surface area contributed by atoms with Crippen LogP contribution in [0.15, 0.2) is 18.2 Å². The highest BCUT2D eigenvalue weighted by molar-refractivity contribution is 7.92. The average molecular weight is 257 g/mol. The fourth-order valence-corrected chi connectivity index (χ4v) is 2.70. The lowest BCUT2D eigenvalue weighted by molar-refractivity contribution is 0.340. The molecular weight excluding hydrogens is 238 g/mol. The number of anilines is 1. The molecule has 0 atom stereocenters. The van der Waals surface area contributed by atoms with Crippen LogP contribution in [-0.4, -0.2) is 20.8 Å². The summed E-state index contributed by atoms with van der Waals surface area (Å²) in [6, 6.07) is 5.32. The summed E-state index contributed by atoms with van der Waals surface area (Å²) >= 11 is 0. The van der Waals surface area contributed by atoms with Gasteiger partial charge in [-0.05, 0) is 44.0 Å². The summed E-state index contributed by atoms with van der Waals surface area (Å²) in [6.07, 6.45) is 0.603. The standard InChI is InChI=1S/C12H19NO3S/c1-4-8-17(14,15)13-12-7-6-11(16-5-2)9-10(12)3/h6-7,9,13H,4-5,8H2,1-3H3.